The summed E-state index contributed by atoms with van der Waals surface area (Å²) in [4.78, 5) is 0. The first-order chi connectivity index (χ1) is 7.31. The van der Waals surface area contributed by atoms with Gasteiger partial charge in [-0.15, -0.1) is 5.10 Å². The quantitative estimate of drug-likeness (QED) is 0.608. The summed E-state index contributed by atoms with van der Waals surface area (Å²) in [7, 11) is 0. The molecule has 0 saturated heterocycles. The number of halogens is 1. The second-order valence-corrected chi connectivity index (χ2v) is 3.06. The fourth-order valence-electron chi connectivity index (χ4n) is 1.11. The molecular weight excluding hydrogens is 216 g/mol. The lowest BCUT2D eigenvalue weighted by atomic mass is 10.3. The number of benzene rings is 1. The van der Waals surface area contributed by atoms with Gasteiger partial charge in [0.15, 0.2) is 6.19 Å². The fourth-order valence-corrected chi connectivity index (χ4v) is 1.37. The van der Waals surface area contributed by atoms with Crippen molar-refractivity contribution in [1.82, 2.24) is 20.2 Å². The average molecular weight is 221 g/mol. The van der Waals surface area contributed by atoms with E-state index in [1.54, 1.807) is 18.2 Å². The molecule has 0 radical (unpaired) electrons. The lowest BCUT2D eigenvalue weighted by molar-refractivity contribution is 0.789. The van der Waals surface area contributed by atoms with E-state index in [1.807, 2.05) is 6.19 Å². The highest BCUT2D eigenvalue weighted by Gasteiger charge is 2.04. The van der Waals surface area contributed by atoms with E-state index in [2.05, 4.69) is 20.8 Å². The molecule has 0 saturated carbocycles. The molecule has 7 heteroatoms. The van der Waals surface area contributed by atoms with Gasteiger partial charge in [0.1, 0.15) is 6.33 Å². The first kappa shape index (κ1) is 9.43. The monoisotopic (exact) mass is 220 g/mol. The Labute approximate surface area is 90.1 Å². The summed E-state index contributed by atoms with van der Waals surface area (Å²) in [5.41, 5.74) is 1.28. The first-order valence-corrected chi connectivity index (χ1v) is 4.37. The number of tetrazole rings is 1. The van der Waals surface area contributed by atoms with Gasteiger partial charge in [-0.25, -0.2) is 0 Å². The summed E-state index contributed by atoms with van der Waals surface area (Å²) < 4.78 is 1.44. The number of nitrogens with zero attached hydrogens (tertiary/aromatic N) is 5. The molecule has 0 atom stereocenters. The maximum Gasteiger partial charge on any atom is 0.181 e. The van der Waals surface area contributed by atoms with Crippen LogP contribution in [0.15, 0.2) is 24.5 Å². The maximum atomic E-state index is 8.42. The molecule has 1 aromatic heterocycles. The van der Waals surface area contributed by atoms with Gasteiger partial charge in [0.25, 0.3) is 0 Å². The van der Waals surface area contributed by atoms with Crippen LogP contribution < -0.4 is 5.32 Å². The third-order valence-electron chi connectivity index (χ3n) is 1.74. The van der Waals surface area contributed by atoms with E-state index in [0.717, 1.165) is 0 Å². The van der Waals surface area contributed by atoms with Gasteiger partial charge in [-0.05, 0) is 28.6 Å². The van der Waals surface area contributed by atoms with Crippen LogP contribution in [0.5, 0.6) is 0 Å². The molecule has 15 heavy (non-hydrogen) atoms. The van der Waals surface area contributed by atoms with Crippen molar-refractivity contribution in [3.05, 3.63) is 29.5 Å². The lowest BCUT2D eigenvalue weighted by Gasteiger charge is -2.04. The van der Waals surface area contributed by atoms with E-state index in [1.165, 1.54) is 11.0 Å². The normalized spacial score (nSPS) is 9.60. The Hall–Kier alpha value is -2.13. The highest BCUT2D eigenvalue weighted by Crippen LogP contribution is 2.23. The van der Waals surface area contributed by atoms with Crippen LogP contribution >= 0.6 is 11.6 Å². The van der Waals surface area contributed by atoms with Gasteiger partial charge in [-0.1, -0.05) is 11.6 Å². The SMILES string of the molecule is N#CNc1ccc(-n2cnnn2)c(Cl)c1. The summed E-state index contributed by atoms with van der Waals surface area (Å²) in [6.07, 6.45) is 3.25. The largest absolute Gasteiger partial charge is 0.293 e. The van der Waals surface area contributed by atoms with Crippen molar-refractivity contribution in [2.75, 3.05) is 5.32 Å². The molecule has 0 aliphatic carbocycles. The highest BCUT2D eigenvalue weighted by molar-refractivity contribution is 6.32. The fraction of sp³-hybridized carbons (Fsp3) is 0. The highest BCUT2D eigenvalue weighted by atomic mass is 35.5. The lowest BCUT2D eigenvalue weighted by Crippen LogP contribution is -1.97. The molecule has 74 valence electrons. The zero-order chi connectivity index (χ0) is 10.7. The van der Waals surface area contributed by atoms with E-state index in [4.69, 9.17) is 16.9 Å². The van der Waals surface area contributed by atoms with Gasteiger partial charge in [0, 0.05) is 5.69 Å². The van der Waals surface area contributed by atoms with E-state index < -0.39 is 0 Å². The van der Waals surface area contributed by atoms with Crippen molar-refractivity contribution in [3.63, 3.8) is 0 Å². The standard InChI is InChI=1S/C8H5ClN6/c9-7-3-6(11-4-10)1-2-8(7)15-5-12-13-14-15/h1-3,5,11H. The van der Waals surface area contributed by atoms with Crippen LogP contribution in [0.3, 0.4) is 0 Å². The Kier molecular flexibility index (Phi) is 2.48. The number of anilines is 1. The summed E-state index contributed by atoms with van der Waals surface area (Å²) in [5.74, 6) is 0. The van der Waals surface area contributed by atoms with E-state index in [9.17, 15) is 0 Å². The van der Waals surface area contributed by atoms with Crippen LogP contribution in [0.4, 0.5) is 5.69 Å². The van der Waals surface area contributed by atoms with Crippen LogP contribution in [-0.4, -0.2) is 20.2 Å². The molecule has 1 heterocycles. The number of rotatable bonds is 2. The van der Waals surface area contributed by atoms with Crippen molar-refractivity contribution in [2.45, 2.75) is 0 Å². The number of aromatic nitrogens is 4. The van der Waals surface area contributed by atoms with Crippen molar-refractivity contribution in [1.29, 1.82) is 5.26 Å². The van der Waals surface area contributed by atoms with E-state index in [-0.39, 0.29) is 0 Å². The Morgan fingerprint density at radius 2 is 2.33 bits per heavy atom. The minimum Gasteiger partial charge on any atom is -0.293 e. The van der Waals surface area contributed by atoms with Gasteiger partial charge in [-0.2, -0.15) is 9.94 Å². The zero-order valence-corrected chi connectivity index (χ0v) is 8.18. The van der Waals surface area contributed by atoms with Gasteiger partial charge < -0.3 is 0 Å². The number of nitriles is 1. The number of hydrogen-bond donors (Lipinski definition) is 1. The Morgan fingerprint density at radius 3 is 2.93 bits per heavy atom. The molecule has 0 unspecified atom stereocenters. The maximum absolute atomic E-state index is 8.42. The van der Waals surface area contributed by atoms with E-state index in [0.29, 0.717) is 16.4 Å². The summed E-state index contributed by atoms with van der Waals surface area (Å²) >= 11 is 5.99. The summed E-state index contributed by atoms with van der Waals surface area (Å²) in [6, 6.07) is 5.06. The first-order valence-electron chi connectivity index (χ1n) is 3.99. The number of nitrogens with one attached hydrogen (secondary N) is 1. The van der Waals surface area contributed by atoms with Gasteiger partial charge in [0.2, 0.25) is 0 Å². The predicted molar refractivity (Wildman–Crippen MR) is 53.4 cm³/mol. The Balaban J connectivity index is 2.40. The molecular formula is C8H5ClN6. The van der Waals surface area contributed by atoms with E-state index >= 15 is 0 Å². The average Bonchev–Trinajstić information content (AvgIpc) is 2.71. The summed E-state index contributed by atoms with van der Waals surface area (Å²) in [5, 5.41) is 22.1. The second kappa shape index (κ2) is 3.94. The van der Waals surface area contributed by atoms with Crippen LogP contribution in [0, 0.1) is 11.5 Å². The molecule has 6 nitrogen and oxygen atoms in total. The van der Waals surface area contributed by atoms with Gasteiger partial charge in [0.05, 0.1) is 10.7 Å². The topological polar surface area (TPSA) is 79.4 Å². The third-order valence-corrected chi connectivity index (χ3v) is 2.05. The molecule has 0 aliphatic rings. The van der Waals surface area contributed by atoms with Crippen LogP contribution in [-0.2, 0) is 0 Å². The summed E-state index contributed by atoms with van der Waals surface area (Å²) in [6.45, 7) is 0. The molecule has 0 fully saturated rings. The minimum atomic E-state index is 0.461. The smallest absolute Gasteiger partial charge is 0.181 e. The third kappa shape index (κ3) is 1.87. The van der Waals surface area contributed by atoms with Crippen LogP contribution in [0.1, 0.15) is 0 Å². The minimum absolute atomic E-state index is 0.461. The predicted octanol–water partition coefficient (Wildman–Crippen LogP) is 1.21. The van der Waals surface area contributed by atoms with Crippen LogP contribution in [0.25, 0.3) is 5.69 Å². The van der Waals surface area contributed by atoms with Crippen molar-refractivity contribution >= 4 is 17.3 Å². The molecule has 0 spiro atoms. The molecule has 0 bridgehead atoms. The van der Waals surface area contributed by atoms with Gasteiger partial charge >= 0.3 is 0 Å². The molecule has 2 aromatic rings. The molecule has 2 rings (SSSR count). The molecule has 0 amide bonds. The van der Waals surface area contributed by atoms with Crippen molar-refractivity contribution < 1.29 is 0 Å². The van der Waals surface area contributed by atoms with Crippen molar-refractivity contribution in [3.8, 4) is 11.9 Å². The van der Waals surface area contributed by atoms with Crippen molar-refractivity contribution in [2.24, 2.45) is 0 Å². The van der Waals surface area contributed by atoms with Crippen LogP contribution in [0.2, 0.25) is 5.02 Å². The zero-order valence-electron chi connectivity index (χ0n) is 7.42. The van der Waals surface area contributed by atoms with Gasteiger partial charge in [-0.3, -0.25) is 5.32 Å². The molecule has 1 aromatic carbocycles. The molecule has 0 aliphatic heterocycles. The second-order valence-electron chi connectivity index (χ2n) is 2.66. The molecule has 1 N–H and O–H groups in total. The Morgan fingerprint density at radius 1 is 1.47 bits per heavy atom. The Bertz CT molecular complexity index is 500. The number of hydrogen-bond acceptors (Lipinski definition) is 5.